The second-order valence-electron chi connectivity index (χ2n) is 6.60. The van der Waals surface area contributed by atoms with Crippen LogP contribution in [0.1, 0.15) is 49.5 Å². The Kier molecular flexibility index (Phi) is 7.47. The van der Waals surface area contributed by atoms with Gasteiger partial charge in [0.1, 0.15) is 6.10 Å². The number of halogens is 3. The number of alkyl halides is 3. The molecule has 2 aromatic rings. The molecule has 5 nitrogen and oxygen atoms in total. The summed E-state index contributed by atoms with van der Waals surface area (Å²) in [6, 6.07) is 8.69. The van der Waals surface area contributed by atoms with Crippen LogP contribution >= 0.6 is 0 Å². The van der Waals surface area contributed by atoms with Crippen LogP contribution in [0.3, 0.4) is 0 Å². The fraction of sp³-hybridized carbons (Fsp3) is 0.429. The number of benzene rings is 1. The van der Waals surface area contributed by atoms with Crippen LogP contribution in [0.5, 0.6) is 5.88 Å². The minimum atomic E-state index is -4.46. The second kappa shape index (κ2) is 9.62. The van der Waals surface area contributed by atoms with E-state index in [4.69, 9.17) is 10.5 Å². The van der Waals surface area contributed by atoms with Crippen LogP contribution in [0.15, 0.2) is 42.6 Å². The van der Waals surface area contributed by atoms with E-state index in [1.54, 1.807) is 29.2 Å². The van der Waals surface area contributed by atoms with E-state index < -0.39 is 17.8 Å². The maximum absolute atomic E-state index is 13.1. The minimum Gasteiger partial charge on any atom is -0.472 e. The number of carbonyl (C=O) groups is 1. The number of pyridine rings is 1. The van der Waals surface area contributed by atoms with Crippen LogP contribution in [-0.2, 0) is 6.18 Å². The Labute approximate surface area is 168 Å². The van der Waals surface area contributed by atoms with Gasteiger partial charge in [0.2, 0.25) is 5.88 Å². The predicted molar refractivity (Wildman–Crippen MR) is 106 cm³/mol. The van der Waals surface area contributed by atoms with E-state index in [0.29, 0.717) is 30.6 Å². The molecular weight excluding hydrogens is 383 g/mol. The first-order valence-corrected chi connectivity index (χ1v) is 9.58. The summed E-state index contributed by atoms with van der Waals surface area (Å²) >= 11 is 0. The zero-order chi connectivity index (χ0) is 21.6. The van der Waals surface area contributed by atoms with Crippen molar-refractivity contribution in [3.8, 4) is 5.88 Å². The Morgan fingerprint density at radius 3 is 2.31 bits per heavy atom. The van der Waals surface area contributed by atoms with Crippen LogP contribution in [0.4, 0.5) is 18.9 Å². The van der Waals surface area contributed by atoms with E-state index in [2.05, 4.69) is 4.98 Å². The Hall–Kier alpha value is -2.77. The van der Waals surface area contributed by atoms with E-state index in [0.717, 1.165) is 12.3 Å². The number of hydrogen-bond donors (Lipinski definition) is 1. The number of nitrogens with zero attached hydrogens (tertiary/aromatic N) is 2. The lowest BCUT2D eigenvalue weighted by Gasteiger charge is -2.35. The summed E-state index contributed by atoms with van der Waals surface area (Å²) in [5.41, 5.74) is 5.92. The van der Waals surface area contributed by atoms with Gasteiger partial charge in [-0.3, -0.25) is 4.79 Å². The van der Waals surface area contributed by atoms with Crippen LogP contribution in [-0.4, -0.2) is 34.5 Å². The van der Waals surface area contributed by atoms with Gasteiger partial charge in [0.05, 0.1) is 17.2 Å². The molecule has 2 atom stereocenters. The van der Waals surface area contributed by atoms with Crippen molar-refractivity contribution in [1.82, 2.24) is 9.88 Å². The number of aromatic nitrogens is 1. The zero-order valence-corrected chi connectivity index (χ0v) is 16.7. The average molecular weight is 409 g/mol. The Balaban J connectivity index is 2.24. The number of anilines is 1. The summed E-state index contributed by atoms with van der Waals surface area (Å²) in [4.78, 5) is 18.5. The Bertz CT molecular complexity index is 810. The molecule has 1 heterocycles. The van der Waals surface area contributed by atoms with Gasteiger partial charge in [0.25, 0.3) is 5.91 Å². The molecule has 2 rings (SSSR count). The minimum absolute atomic E-state index is 0.0889. The van der Waals surface area contributed by atoms with Gasteiger partial charge in [-0.2, -0.15) is 13.2 Å². The number of para-hydroxylation sites is 1. The van der Waals surface area contributed by atoms with Crippen molar-refractivity contribution in [3.05, 3.63) is 53.7 Å². The highest BCUT2D eigenvalue weighted by molar-refractivity contribution is 5.99. The molecule has 2 unspecified atom stereocenters. The summed E-state index contributed by atoms with van der Waals surface area (Å²) in [6.07, 6.45) is -2.99. The lowest BCUT2D eigenvalue weighted by Crippen LogP contribution is -2.48. The Morgan fingerprint density at radius 1 is 1.14 bits per heavy atom. The van der Waals surface area contributed by atoms with Gasteiger partial charge in [-0.25, -0.2) is 4.98 Å². The lowest BCUT2D eigenvalue weighted by atomic mass is 10.0. The monoisotopic (exact) mass is 409 g/mol. The maximum atomic E-state index is 13.1. The van der Waals surface area contributed by atoms with Crippen LogP contribution < -0.4 is 10.5 Å². The van der Waals surface area contributed by atoms with Gasteiger partial charge >= 0.3 is 6.18 Å². The molecule has 0 saturated heterocycles. The van der Waals surface area contributed by atoms with Crippen molar-refractivity contribution < 1.29 is 22.7 Å². The molecule has 2 N–H and O–H groups in total. The van der Waals surface area contributed by atoms with E-state index in [9.17, 15) is 18.0 Å². The van der Waals surface area contributed by atoms with Gasteiger partial charge in [-0.1, -0.05) is 26.0 Å². The van der Waals surface area contributed by atoms with E-state index >= 15 is 0 Å². The van der Waals surface area contributed by atoms with Crippen LogP contribution in [0, 0.1) is 0 Å². The summed E-state index contributed by atoms with van der Waals surface area (Å²) in [6.45, 7) is 6.13. The maximum Gasteiger partial charge on any atom is 0.417 e. The first-order valence-electron chi connectivity index (χ1n) is 9.58. The van der Waals surface area contributed by atoms with Gasteiger partial charge in [-0.05, 0) is 38.0 Å². The van der Waals surface area contributed by atoms with Crippen LogP contribution in [0.2, 0.25) is 0 Å². The van der Waals surface area contributed by atoms with Gasteiger partial charge in [-0.15, -0.1) is 0 Å². The SMILES string of the molecule is CCC(Oc1ccc(C(F)(F)F)cn1)C(CC)N(CC)C(=O)c1ccccc1N. The molecule has 0 aliphatic rings. The summed E-state index contributed by atoms with van der Waals surface area (Å²) in [7, 11) is 0. The number of amides is 1. The highest BCUT2D eigenvalue weighted by Gasteiger charge is 2.32. The molecule has 0 spiro atoms. The molecule has 0 radical (unpaired) electrons. The molecule has 0 fully saturated rings. The van der Waals surface area contributed by atoms with Crippen molar-refractivity contribution in [1.29, 1.82) is 0 Å². The van der Waals surface area contributed by atoms with Crippen molar-refractivity contribution in [2.24, 2.45) is 0 Å². The smallest absolute Gasteiger partial charge is 0.417 e. The third-order valence-corrected chi connectivity index (χ3v) is 4.78. The molecule has 0 saturated carbocycles. The van der Waals surface area contributed by atoms with E-state index in [1.807, 2.05) is 20.8 Å². The molecule has 29 heavy (non-hydrogen) atoms. The molecular formula is C21H26F3N3O2. The normalized spacial score (nSPS) is 13.6. The van der Waals surface area contributed by atoms with E-state index in [-0.39, 0.29) is 17.8 Å². The first-order chi connectivity index (χ1) is 13.7. The molecule has 1 amide bonds. The highest BCUT2D eigenvalue weighted by Crippen LogP contribution is 2.30. The van der Waals surface area contributed by atoms with Crippen molar-refractivity contribution in [3.63, 3.8) is 0 Å². The van der Waals surface area contributed by atoms with Crippen molar-refractivity contribution in [2.75, 3.05) is 12.3 Å². The van der Waals surface area contributed by atoms with Crippen molar-refractivity contribution >= 4 is 11.6 Å². The number of nitrogens with two attached hydrogens (primary N) is 1. The largest absolute Gasteiger partial charge is 0.472 e. The molecule has 0 aliphatic carbocycles. The highest BCUT2D eigenvalue weighted by atomic mass is 19.4. The quantitative estimate of drug-likeness (QED) is 0.637. The number of carbonyl (C=O) groups excluding carboxylic acids is 1. The predicted octanol–water partition coefficient (Wildman–Crippen LogP) is 4.78. The van der Waals surface area contributed by atoms with E-state index in [1.165, 1.54) is 6.07 Å². The second-order valence-corrected chi connectivity index (χ2v) is 6.60. The summed E-state index contributed by atoms with van der Waals surface area (Å²) < 4.78 is 44.1. The molecule has 1 aromatic heterocycles. The third kappa shape index (κ3) is 5.40. The molecule has 8 heteroatoms. The average Bonchev–Trinajstić information content (AvgIpc) is 2.70. The fourth-order valence-electron chi connectivity index (χ4n) is 3.27. The summed E-state index contributed by atoms with van der Waals surface area (Å²) in [5.74, 6) is -0.120. The Morgan fingerprint density at radius 2 is 1.83 bits per heavy atom. The number of rotatable bonds is 8. The van der Waals surface area contributed by atoms with Gasteiger partial charge in [0, 0.05) is 24.5 Å². The number of likely N-dealkylation sites (N-methyl/N-ethyl adjacent to an activating group) is 1. The zero-order valence-electron chi connectivity index (χ0n) is 16.7. The summed E-state index contributed by atoms with van der Waals surface area (Å²) in [5, 5.41) is 0. The molecule has 0 bridgehead atoms. The van der Waals surface area contributed by atoms with Gasteiger partial charge in [0.15, 0.2) is 0 Å². The van der Waals surface area contributed by atoms with Crippen molar-refractivity contribution in [2.45, 2.75) is 51.9 Å². The molecule has 0 aliphatic heterocycles. The van der Waals surface area contributed by atoms with Crippen LogP contribution in [0.25, 0.3) is 0 Å². The first kappa shape index (κ1) is 22.5. The lowest BCUT2D eigenvalue weighted by molar-refractivity contribution is -0.137. The van der Waals surface area contributed by atoms with Gasteiger partial charge < -0.3 is 15.4 Å². The standard InChI is InChI=1S/C21H26F3N3O2/c1-4-17(27(6-3)20(28)15-9-7-8-10-16(15)25)18(5-2)29-19-12-11-14(13-26-19)21(22,23)24/h7-13,17-18H,4-6,25H2,1-3H3. The number of hydrogen-bond acceptors (Lipinski definition) is 4. The molecule has 158 valence electrons. The molecule has 1 aromatic carbocycles. The fourth-order valence-corrected chi connectivity index (χ4v) is 3.27. The number of ether oxygens (including phenoxy) is 1. The third-order valence-electron chi connectivity index (χ3n) is 4.78. The number of nitrogen functional groups attached to an aromatic ring is 1. The topological polar surface area (TPSA) is 68.5 Å².